The molecule has 0 aliphatic carbocycles. The fourth-order valence-electron chi connectivity index (χ4n) is 2.91. The molecule has 0 radical (unpaired) electrons. The number of benzene rings is 1. The number of carbonyl (C=O) groups excluding carboxylic acids is 2. The quantitative estimate of drug-likeness (QED) is 0.904. The molecule has 0 bridgehead atoms. The van der Waals surface area contributed by atoms with Crippen LogP contribution in [0.1, 0.15) is 45.6 Å². The number of halogens is 1. The van der Waals surface area contributed by atoms with E-state index in [-0.39, 0.29) is 23.3 Å². The Morgan fingerprint density at radius 3 is 2.29 bits per heavy atom. The lowest BCUT2D eigenvalue weighted by molar-refractivity contribution is -0.140. The summed E-state index contributed by atoms with van der Waals surface area (Å²) in [5.41, 5.74) is 0.773. The number of hydrogen-bond donors (Lipinski definition) is 1. The van der Waals surface area contributed by atoms with Crippen molar-refractivity contribution >= 4 is 23.4 Å². The number of amides is 2. The molecule has 0 aromatic heterocycles. The average molecular weight is 351 g/mol. The van der Waals surface area contributed by atoms with E-state index in [0.29, 0.717) is 17.9 Å². The predicted octanol–water partition coefficient (Wildman–Crippen LogP) is 3.43. The molecule has 132 valence electrons. The van der Waals surface area contributed by atoms with Crippen molar-refractivity contribution in [3.05, 3.63) is 34.9 Å². The van der Waals surface area contributed by atoms with E-state index in [2.05, 4.69) is 5.32 Å². The monoisotopic (exact) mass is 350 g/mol. The summed E-state index contributed by atoms with van der Waals surface area (Å²) in [6.07, 6.45) is 2.84. The average Bonchev–Trinajstić information content (AvgIpc) is 2.53. The maximum Gasteiger partial charge on any atom is 0.227 e. The summed E-state index contributed by atoms with van der Waals surface area (Å²) in [5.74, 6) is 0.264. The van der Waals surface area contributed by atoms with E-state index in [0.717, 1.165) is 31.5 Å². The van der Waals surface area contributed by atoms with Crippen molar-refractivity contribution in [2.75, 3.05) is 13.1 Å². The second-order valence-corrected chi connectivity index (χ2v) is 7.95. The maximum atomic E-state index is 12.3. The SMILES string of the molecule is CC(C)(C)C(=O)N1CCC(NC(=O)CCc2ccc(Cl)cc2)CC1. The summed E-state index contributed by atoms with van der Waals surface area (Å²) in [4.78, 5) is 26.3. The van der Waals surface area contributed by atoms with E-state index >= 15 is 0 Å². The van der Waals surface area contributed by atoms with E-state index in [1.165, 1.54) is 0 Å². The van der Waals surface area contributed by atoms with E-state index in [1.54, 1.807) is 0 Å². The molecule has 0 saturated carbocycles. The highest BCUT2D eigenvalue weighted by Gasteiger charge is 2.30. The number of carbonyl (C=O) groups is 2. The molecular weight excluding hydrogens is 324 g/mol. The fourth-order valence-corrected chi connectivity index (χ4v) is 3.04. The number of piperidine rings is 1. The third kappa shape index (κ3) is 5.52. The van der Waals surface area contributed by atoms with Crippen molar-refractivity contribution in [1.82, 2.24) is 10.2 Å². The standard InChI is InChI=1S/C19H27ClN2O2/c1-19(2,3)18(24)22-12-10-16(11-13-22)21-17(23)9-6-14-4-7-15(20)8-5-14/h4-5,7-8,16H,6,9-13H2,1-3H3,(H,21,23). The summed E-state index contributed by atoms with van der Waals surface area (Å²) in [5, 5.41) is 3.80. The lowest BCUT2D eigenvalue weighted by Crippen LogP contribution is -2.49. The van der Waals surface area contributed by atoms with Gasteiger partial charge in [0.2, 0.25) is 11.8 Å². The van der Waals surface area contributed by atoms with Crippen LogP contribution in [0, 0.1) is 5.41 Å². The van der Waals surface area contributed by atoms with E-state index in [1.807, 2.05) is 49.9 Å². The van der Waals surface area contributed by atoms with Gasteiger partial charge in [0, 0.05) is 36.0 Å². The van der Waals surface area contributed by atoms with Gasteiger partial charge in [-0.15, -0.1) is 0 Å². The molecular formula is C19H27ClN2O2. The third-order valence-corrected chi connectivity index (χ3v) is 4.59. The van der Waals surface area contributed by atoms with Crippen LogP contribution in [-0.2, 0) is 16.0 Å². The summed E-state index contributed by atoms with van der Waals surface area (Å²) in [6.45, 7) is 7.27. The van der Waals surface area contributed by atoms with Gasteiger partial charge < -0.3 is 10.2 Å². The zero-order chi connectivity index (χ0) is 17.7. The number of hydrogen-bond acceptors (Lipinski definition) is 2. The molecule has 1 aliphatic heterocycles. The van der Waals surface area contributed by atoms with Crippen molar-refractivity contribution in [2.24, 2.45) is 5.41 Å². The molecule has 2 rings (SSSR count). The van der Waals surface area contributed by atoms with Crippen LogP contribution in [0.5, 0.6) is 0 Å². The van der Waals surface area contributed by atoms with Crippen LogP contribution in [-0.4, -0.2) is 35.8 Å². The van der Waals surface area contributed by atoms with Crippen LogP contribution in [0.3, 0.4) is 0 Å². The van der Waals surface area contributed by atoms with Crippen molar-refractivity contribution in [3.63, 3.8) is 0 Å². The Kier molecular flexibility index (Phi) is 6.27. The third-order valence-electron chi connectivity index (χ3n) is 4.34. The van der Waals surface area contributed by atoms with Gasteiger partial charge in [-0.25, -0.2) is 0 Å². The first-order chi connectivity index (χ1) is 11.3. The Labute approximate surface area is 149 Å². The van der Waals surface area contributed by atoms with Crippen LogP contribution in [0.4, 0.5) is 0 Å². The van der Waals surface area contributed by atoms with Crippen molar-refractivity contribution in [1.29, 1.82) is 0 Å². The maximum absolute atomic E-state index is 12.3. The molecule has 1 saturated heterocycles. The van der Waals surface area contributed by atoms with Gasteiger partial charge in [-0.2, -0.15) is 0 Å². The Morgan fingerprint density at radius 1 is 1.17 bits per heavy atom. The Morgan fingerprint density at radius 2 is 1.75 bits per heavy atom. The molecule has 1 aromatic rings. The Hall–Kier alpha value is -1.55. The van der Waals surface area contributed by atoms with Gasteiger partial charge in [0.1, 0.15) is 0 Å². The molecule has 1 aromatic carbocycles. The first kappa shape index (κ1) is 18.8. The summed E-state index contributed by atoms with van der Waals surface area (Å²) < 4.78 is 0. The van der Waals surface area contributed by atoms with Gasteiger partial charge in [0.05, 0.1) is 0 Å². The number of aryl methyl sites for hydroxylation is 1. The molecule has 0 spiro atoms. The summed E-state index contributed by atoms with van der Waals surface area (Å²) in [6, 6.07) is 7.76. The lowest BCUT2D eigenvalue weighted by Gasteiger charge is -2.36. The molecule has 1 heterocycles. The van der Waals surface area contributed by atoms with Gasteiger partial charge in [-0.3, -0.25) is 9.59 Å². The molecule has 0 atom stereocenters. The van der Waals surface area contributed by atoms with Gasteiger partial charge in [-0.05, 0) is 37.0 Å². The zero-order valence-electron chi connectivity index (χ0n) is 14.8. The van der Waals surface area contributed by atoms with Gasteiger partial charge in [-0.1, -0.05) is 44.5 Å². The largest absolute Gasteiger partial charge is 0.353 e. The molecule has 2 amide bonds. The van der Waals surface area contributed by atoms with Crippen molar-refractivity contribution in [3.8, 4) is 0 Å². The normalized spacial score (nSPS) is 16.1. The number of nitrogens with one attached hydrogen (secondary N) is 1. The van der Waals surface area contributed by atoms with E-state index < -0.39 is 0 Å². The van der Waals surface area contributed by atoms with Crippen LogP contribution in [0.2, 0.25) is 5.02 Å². The topological polar surface area (TPSA) is 49.4 Å². The minimum atomic E-state index is -0.339. The summed E-state index contributed by atoms with van der Waals surface area (Å²) in [7, 11) is 0. The molecule has 1 aliphatic rings. The molecule has 1 N–H and O–H groups in total. The van der Waals surface area contributed by atoms with Gasteiger partial charge in [0.15, 0.2) is 0 Å². The highest BCUT2D eigenvalue weighted by atomic mass is 35.5. The van der Waals surface area contributed by atoms with Gasteiger partial charge >= 0.3 is 0 Å². The minimum absolute atomic E-state index is 0.0746. The number of likely N-dealkylation sites (tertiary alicyclic amines) is 1. The van der Waals surface area contributed by atoms with Crippen LogP contribution < -0.4 is 5.32 Å². The Balaban J connectivity index is 1.72. The van der Waals surface area contributed by atoms with Gasteiger partial charge in [0.25, 0.3) is 0 Å². The first-order valence-corrected chi connectivity index (χ1v) is 8.96. The van der Waals surface area contributed by atoms with E-state index in [9.17, 15) is 9.59 Å². The molecule has 1 fully saturated rings. The highest BCUT2D eigenvalue weighted by molar-refractivity contribution is 6.30. The number of rotatable bonds is 4. The number of nitrogens with zero attached hydrogens (tertiary/aromatic N) is 1. The van der Waals surface area contributed by atoms with Crippen molar-refractivity contribution in [2.45, 2.75) is 52.5 Å². The smallest absolute Gasteiger partial charge is 0.227 e. The molecule has 0 unspecified atom stereocenters. The molecule has 5 heteroatoms. The Bertz CT molecular complexity index is 570. The first-order valence-electron chi connectivity index (χ1n) is 8.59. The fraction of sp³-hybridized carbons (Fsp3) is 0.579. The zero-order valence-corrected chi connectivity index (χ0v) is 15.5. The van der Waals surface area contributed by atoms with E-state index in [4.69, 9.17) is 11.6 Å². The highest BCUT2D eigenvalue weighted by Crippen LogP contribution is 2.21. The van der Waals surface area contributed by atoms with Crippen molar-refractivity contribution < 1.29 is 9.59 Å². The predicted molar refractivity (Wildman–Crippen MR) is 97.0 cm³/mol. The lowest BCUT2D eigenvalue weighted by atomic mass is 9.93. The molecule has 24 heavy (non-hydrogen) atoms. The van der Waals surface area contributed by atoms with Crippen LogP contribution >= 0.6 is 11.6 Å². The second-order valence-electron chi connectivity index (χ2n) is 7.51. The second kappa shape index (κ2) is 8.02. The van der Waals surface area contributed by atoms with Crippen LogP contribution in [0.15, 0.2) is 24.3 Å². The van der Waals surface area contributed by atoms with Crippen LogP contribution in [0.25, 0.3) is 0 Å². The molecule has 4 nitrogen and oxygen atoms in total. The minimum Gasteiger partial charge on any atom is -0.353 e. The summed E-state index contributed by atoms with van der Waals surface area (Å²) >= 11 is 5.86.